The third-order valence-corrected chi connectivity index (χ3v) is 12.7. The maximum Gasteiger partial charge on any atom is 0.246 e. The van der Waals surface area contributed by atoms with Gasteiger partial charge >= 0.3 is 0 Å². The molecule has 0 unspecified atom stereocenters. The molecule has 6 rings (SSSR count). The molecule has 9 N–H and O–H groups in total. The van der Waals surface area contributed by atoms with Crippen LogP contribution in [0.4, 0.5) is 0 Å². The molecule has 0 spiro atoms. The van der Waals surface area contributed by atoms with Crippen molar-refractivity contribution in [2.24, 2.45) is 16.3 Å². The van der Waals surface area contributed by atoms with Crippen molar-refractivity contribution < 1.29 is 41.9 Å². The largest absolute Gasteiger partial charge is 0.378 e. The highest BCUT2D eigenvalue weighted by molar-refractivity contribution is 7.89. The lowest BCUT2D eigenvalue weighted by molar-refractivity contribution is -0.141. The second-order valence-electron chi connectivity index (χ2n) is 16.7. The summed E-state index contributed by atoms with van der Waals surface area (Å²) in [6.45, 7) is 1.38. The molecule has 17 nitrogen and oxygen atoms in total. The number of fused-ring (bicyclic) bond motifs is 3. The van der Waals surface area contributed by atoms with E-state index in [1.807, 2.05) is 54.6 Å². The second kappa shape index (κ2) is 23.6. The summed E-state index contributed by atoms with van der Waals surface area (Å²) in [6.07, 6.45) is 3.40. The fourth-order valence-corrected chi connectivity index (χ4v) is 8.76. The zero-order valence-electron chi connectivity index (χ0n) is 37.2. The summed E-state index contributed by atoms with van der Waals surface area (Å²) in [5.74, 6) is -2.92. The summed E-state index contributed by atoms with van der Waals surface area (Å²) in [5.41, 5.74) is 8.66. The van der Waals surface area contributed by atoms with Crippen LogP contribution in [0.5, 0.6) is 0 Å². The lowest BCUT2D eigenvalue weighted by Gasteiger charge is -2.42. The molecular weight excluding hydrogens is 877 g/mol. The van der Waals surface area contributed by atoms with E-state index in [-0.39, 0.29) is 63.4 Å². The van der Waals surface area contributed by atoms with Gasteiger partial charge in [-0.2, -0.15) is 0 Å². The molecule has 2 bridgehead atoms. The first-order chi connectivity index (χ1) is 32.2. The summed E-state index contributed by atoms with van der Waals surface area (Å²) in [5, 5.41) is 19.6. The minimum Gasteiger partial charge on any atom is -0.378 e. The molecule has 6 amide bonds. The molecule has 0 radical (unpaired) electrons. The number of ether oxygens (including phenoxy) is 1. The normalized spacial score (nSPS) is 20.7. The van der Waals surface area contributed by atoms with Gasteiger partial charge in [-0.25, -0.2) is 13.6 Å². The molecule has 2 heterocycles. The molecule has 67 heavy (non-hydrogen) atoms. The highest BCUT2D eigenvalue weighted by Gasteiger charge is 2.44. The molecule has 1 fully saturated rings. The van der Waals surface area contributed by atoms with Gasteiger partial charge in [0.1, 0.15) is 12.1 Å². The fourth-order valence-electron chi connectivity index (χ4n) is 8.24. The van der Waals surface area contributed by atoms with Crippen molar-refractivity contribution in [1.29, 1.82) is 0 Å². The number of primary sulfonamides is 1. The summed E-state index contributed by atoms with van der Waals surface area (Å²) < 4.78 is 29.0. The Labute approximate surface area is 390 Å². The number of nitrogens with zero attached hydrogens (tertiary/aromatic N) is 1. The van der Waals surface area contributed by atoms with Crippen LogP contribution in [0.1, 0.15) is 41.5 Å². The Morgan fingerprint density at radius 1 is 0.806 bits per heavy atom. The zero-order chi connectivity index (χ0) is 47.8. The third kappa shape index (κ3) is 14.4. The van der Waals surface area contributed by atoms with Crippen molar-refractivity contribution in [1.82, 2.24) is 31.5 Å². The average molecular weight is 935 g/mol. The Balaban J connectivity index is 1.31. The molecule has 354 valence electrons. The number of nitrogens with two attached hydrogens (primary N) is 2. The summed E-state index contributed by atoms with van der Waals surface area (Å²) >= 11 is 0. The first-order valence-corrected chi connectivity index (χ1v) is 23.8. The zero-order valence-corrected chi connectivity index (χ0v) is 38.0. The van der Waals surface area contributed by atoms with Crippen molar-refractivity contribution in [3.05, 3.63) is 138 Å². The lowest BCUT2D eigenvalue weighted by Crippen LogP contribution is -2.58. The van der Waals surface area contributed by atoms with E-state index in [9.17, 15) is 37.2 Å². The number of carbonyl (C=O) groups is 6. The number of carbonyl (C=O) groups excluding carboxylic acids is 6. The van der Waals surface area contributed by atoms with Crippen molar-refractivity contribution >= 4 is 45.5 Å². The van der Waals surface area contributed by atoms with Crippen LogP contribution in [-0.2, 0) is 69.3 Å². The van der Waals surface area contributed by atoms with Gasteiger partial charge in [-0.15, -0.1) is 0 Å². The number of rotatable bonds is 12. The maximum absolute atomic E-state index is 14.9. The molecule has 4 aromatic carbocycles. The van der Waals surface area contributed by atoms with Gasteiger partial charge < -0.3 is 42.0 Å². The van der Waals surface area contributed by atoms with E-state index in [0.717, 1.165) is 28.8 Å². The van der Waals surface area contributed by atoms with Crippen LogP contribution in [0.15, 0.2) is 120 Å². The van der Waals surface area contributed by atoms with Crippen LogP contribution in [0.25, 0.3) is 11.1 Å². The molecule has 4 aromatic rings. The molecule has 3 atom stereocenters. The summed E-state index contributed by atoms with van der Waals surface area (Å²) in [4.78, 5) is 84.5. The fraction of sp³-hybridized carbons (Fsp3) is 0.347. The first kappa shape index (κ1) is 49.7. The highest BCUT2D eigenvalue weighted by atomic mass is 32.2. The van der Waals surface area contributed by atoms with Gasteiger partial charge in [-0.3, -0.25) is 28.8 Å². The number of sulfonamides is 1. The standard InChI is InChI=1S/C49H58N8O9S/c50-23-27-66-28-25-53-46(61)41-21-24-52-43(58)19-20-45(60)57-26-6-22-49(33-57,31-35-7-2-1-3-8-35)48(63)56-42(47(62)54-32-39-10-5-4-9-38(39)30-44(59)55-41)29-34-11-13-36(14-12-34)37-15-17-40(18-16-37)67(51,64)65/h1-5,7-20,41-42H,6,21-33,50H2,(H,52,58)(H,53,61)(H,54,62)(H,55,59)(H,56,63)(H2,51,64,65)/b20-19+/t41-,42-,49-/m0/s1. The monoisotopic (exact) mass is 934 g/mol. The van der Waals surface area contributed by atoms with E-state index >= 15 is 0 Å². The number of hydrogen-bond acceptors (Lipinski definition) is 10. The van der Waals surface area contributed by atoms with Gasteiger partial charge in [0, 0.05) is 57.8 Å². The van der Waals surface area contributed by atoms with Crippen LogP contribution >= 0.6 is 0 Å². The van der Waals surface area contributed by atoms with Crippen molar-refractivity contribution in [3.63, 3.8) is 0 Å². The Bertz CT molecular complexity index is 2520. The van der Waals surface area contributed by atoms with E-state index < -0.39 is 63.0 Å². The van der Waals surface area contributed by atoms with Gasteiger partial charge in [0.2, 0.25) is 45.5 Å². The van der Waals surface area contributed by atoms with Gasteiger partial charge in [0.15, 0.2) is 0 Å². The number of hydrogen-bond donors (Lipinski definition) is 7. The maximum atomic E-state index is 14.9. The van der Waals surface area contributed by atoms with E-state index in [2.05, 4.69) is 26.6 Å². The Morgan fingerprint density at radius 3 is 2.19 bits per heavy atom. The molecular formula is C49H58N8O9S. The van der Waals surface area contributed by atoms with Gasteiger partial charge in [0.05, 0.1) is 29.9 Å². The molecule has 2 aliphatic rings. The molecule has 0 saturated carbocycles. The van der Waals surface area contributed by atoms with E-state index in [4.69, 9.17) is 15.6 Å². The van der Waals surface area contributed by atoms with Crippen LogP contribution in [0.3, 0.4) is 0 Å². The number of benzene rings is 4. The first-order valence-electron chi connectivity index (χ1n) is 22.2. The third-order valence-electron chi connectivity index (χ3n) is 11.8. The predicted molar refractivity (Wildman–Crippen MR) is 251 cm³/mol. The van der Waals surface area contributed by atoms with Crippen LogP contribution in [0, 0.1) is 5.41 Å². The Morgan fingerprint density at radius 2 is 1.49 bits per heavy atom. The number of piperidine rings is 1. The molecule has 0 aliphatic carbocycles. The van der Waals surface area contributed by atoms with Gasteiger partial charge in [0.25, 0.3) is 0 Å². The smallest absolute Gasteiger partial charge is 0.246 e. The predicted octanol–water partition coefficient (Wildman–Crippen LogP) is 1.39. The van der Waals surface area contributed by atoms with E-state index in [0.29, 0.717) is 49.2 Å². The Kier molecular flexibility index (Phi) is 17.5. The topological polar surface area (TPSA) is 261 Å². The van der Waals surface area contributed by atoms with Crippen molar-refractivity contribution in [2.75, 3.05) is 45.9 Å². The highest BCUT2D eigenvalue weighted by Crippen LogP contribution is 2.35. The quantitative estimate of drug-likeness (QED) is 0.101. The molecule has 18 heteroatoms. The number of amides is 6. The number of nitrogens with one attached hydrogen (secondary N) is 5. The van der Waals surface area contributed by atoms with E-state index in [1.165, 1.54) is 17.0 Å². The molecule has 0 aromatic heterocycles. The summed E-state index contributed by atoms with van der Waals surface area (Å²) in [6, 6.07) is 27.8. The molecule has 1 saturated heterocycles. The average Bonchev–Trinajstić information content (AvgIpc) is 3.32. The Hall–Kier alpha value is -6.73. The van der Waals surface area contributed by atoms with Gasteiger partial charge in [-0.05, 0) is 71.2 Å². The van der Waals surface area contributed by atoms with Crippen molar-refractivity contribution in [3.8, 4) is 11.1 Å². The van der Waals surface area contributed by atoms with Crippen LogP contribution < -0.4 is 37.5 Å². The van der Waals surface area contributed by atoms with Crippen molar-refractivity contribution in [2.45, 2.75) is 62.0 Å². The minimum absolute atomic E-state index is 0.00459. The second-order valence-corrected chi connectivity index (χ2v) is 18.3. The summed E-state index contributed by atoms with van der Waals surface area (Å²) in [7, 11) is -3.87. The van der Waals surface area contributed by atoms with Crippen LogP contribution in [0.2, 0.25) is 0 Å². The minimum atomic E-state index is -3.87. The van der Waals surface area contributed by atoms with E-state index in [1.54, 1.807) is 36.4 Å². The lowest BCUT2D eigenvalue weighted by atomic mass is 9.74. The SMILES string of the molecule is NCCOCCNC(=O)[C@@H]1CCNC(=O)/C=C/C(=O)N2CCC[C@](Cc3ccccc3)(C2)C(=O)N[C@@H](Cc2ccc(-c3ccc(S(N)(=O)=O)cc3)cc2)C(=O)NCc2ccccc2CC(=O)N1. The molecule has 2 aliphatic heterocycles. The van der Waals surface area contributed by atoms with Crippen LogP contribution in [-0.4, -0.2) is 107 Å². The van der Waals surface area contributed by atoms with Gasteiger partial charge in [-0.1, -0.05) is 91.0 Å².